The predicted molar refractivity (Wildman–Crippen MR) is 143 cm³/mol. The fourth-order valence-electron chi connectivity index (χ4n) is 3.90. The fourth-order valence-corrected chi connectivity index (χ4v) is 5.45. The number of hydrazone groups is 1. The van der Waals surface area contributed by atoms with E-state index in [-0.39, 0.29) is 10.7 Å². The number of aryl methyl sites for hydroxylation is 1. The van der Waals surface area contributed by atoms with Gasteiger partial charge in [-0.15, -0.1) is 0 Å². The minimum atomic E-state index is -4.06. The number of carbonyl (C=O) groups excluding carboxylic acids is 1. The second-order valence-electron chi connectivity index (χ2n) is 8.21. The summed E-state index contributed by atoms with van der Waals surface area (Å²) in [5.74, 6) is -0.996. The van der Waals surface area contributed by atoms with Crippen molar-refractivity contribution in [2.24, 2.45) is 5.10 Å². The first kappa shape index (κ1) is 26.1. The Bertz CT molecular complexity index is 1550. The third kappa shape index (κ3) is 5.73. The van der Waals surface area contributed by atoms with Gasteiger partial charge in [0.2, 0.25) is 0 Å². The first-order valence-electron chi connectivity index (χ1n) is 11.3. The Kier molecular flexibility index (Phi) is 7.75. The summed E-state index contributed by atoms with van der Waals surface area (Å²) in [4.78, 5) is 12.8. The van der Waals surface area contributed by atoms with Gasteiger partial charge >= 0.3 is 0 Å². The van der Waals surface area contributed by atoms with Crippen LogP contribution in [0.15, 0.2) is 94.9 Å². The maximum atomic E-state index is 14.3. The highest BCUT2D eigenvalue weighted by molar-refractivity contribution is 7.92. The number of hydrogen-bond acceptors (Lipinski definition) is 4. The van der Waals surface area contributed by atoms with E-state index in [0.29, 0.717) is 22.0 Å². The number of halogens is 2. The Hall–Kier alpha value is -3.95. The van der Waals surface area contributed by atoms with Gasteiger partial charge in [0.15, 0.2) is 0 Å². The van der Waals surface area contributed by atoms with Gasteiger partial charge in [-0.05, 0) is 68.4 Å². The monoisotopic (exact) mass is 538 g/mol. The molecule has 1 aromatic heterocycles. The lowest BCUT2D eigenvalue weighted by molar-refractivity contribution is -0.119. The first-order chi connectivity index (χ1) is 17.7. The Morgan fingerprint density at radius 2 is 1.68 bits per heavy atom. The highest BCUT2D eigenvalue weighted by atomic mass is 35.5. The Balaban J connectivity index is 1.54. The van der Waals surface area contributed by atoms with Gasteiger partial charge < -0.3 is 4.57 Å². The molecule has 0 saturated heterocycles. The van der Waals surface area contributed by atoms with Crippen molar-refractivity contribution in [2.45, 2.75) is 18.7 Å². The van der Waals surface area contributed by atoms with Crippen LogP contribution in [0.25, 0.3) is 5.69 Å². The van der Waals surface area contributed by atoms with E-state index in [1.54, 1.807) is 53.1 Å². The van der Waals surface area contributed by atoms with Crippen LogP contribution in [-0.2, 0) is 14.8 Å². The zero-order chi connectivity index (χ0) is 26.6. The highest BCUT2D eigenvalue weighted by Crippen LogP contribution is 2.25. The summed E-state index contributed by atoms with van der Waals surface area (Å²) in [5.41, 5.74) is 5.32. The largest absolute Gasteiger partial charge is 0.315 e. The van der Waals surface area contributed by atoms with Gasteiger partial charge in [0.1, 0.15) is 12.4 Å². The Morgan fingerprint density at radius 3 is 2.35 bits per heavy atom. The van der Waals surface area contributed by atoms with Crippen molar-refractivity contribution in [2.75, 3.05) is 10.8 Å². The number of nitrogens with one attached hydrogen (secondary N) is 1. The maximum Gasteiger partial charge on any atom is 0.264 e. The van der Waals surface area contributed by atoms with Crippen molar-refractivity contribution >= 4 is 39.4 Å². The number of carbonyl (C=O) groups is 1. The second kappa shape index (κ2) is 11.0. The summed E-state index contributed by atoms with van der Waals surface area (Å²) in [6, 6.07) is 22.3. The SMILES string of the molecule is Cc1cc(/C=N\NC(=O)CN(c2ccccc2)S(=O)(=O)c2ccc(Cl)cc2)c(C)n1-c1ccccc1F. The number of aromatic nitrogens is 1. The molecule has 4 rings (SSSR count). The molecule has 37 heavy (non-hydrogen) atoms. The van der Waals surface area contributed by atoms with E-state index >= 15 is 0 Å². The first-order valence-corrected chi connectivity index (χ1v) is 13.1. The number of nitrogens with zero attached hydrogens (tertiary/aromatic N) is 3. The molecule has 0 spiro atoms. The molecular weight excluding hydrogens is 515 g/mol. The molecule has 10 heteroatoms. The number of benzene rings is 3. The molecule has 4 aromatic rings. The van der Waals surface area contributed by atoms with Gasteiger partial charge in [-0.25, -0.2) is 18.2 Å². The molecule has 1 amide bonds. The van der Waals surface area contributed by atoms with Gasteiger partial charge in [0, 0.05) is 22.0 Å². The lowest BCUT2D eigenvalue weighted by Gasteiger charge is -2.23. The second-order valence-corrected chi connectivity index (χ2v) is 10.5. The molecule has 1 heterocycles. The van der Waals surface area contributed by atoms with Crippen LogP contribution >= 0.6 is 11.6 Å². The van der Waals surface area contributed by atoms with Crippen LogP contribution in [-0.4, -0.2) is 31.7 Å². The molecule has 1 N–H and O–H groups in total. The Labute approximate surface area is 219 Å². The van der Waals surface area contributed by atoms with E-state index in [1.165, 1.54) is 36.5 Å². The van der Waals surface area contributed by atoms with Crippen LogP contribution in [0.1, 0.15) is 17.0 Å². The third-order valence-corrected chi connectivity index (χ3v) is 7.73. The van der Waals surface area contributed by atoms with E-state index in [4.69, 9.17) is 11.6 Å². The number of amides is 1. The molecular formula is C27H24ClFN4O3S. The highest BCUT2D eigenvalue weighted by Gasteiger charge is 2.27. The van der Waals surface area contributed by atoms with Crippen molar-refractivity contribution in [1.29, 1.82) is 0 Å². The summed E-state index contributed by atoms with van der Waals surface area (Å²) < 4.78 is 43.8. The van der Waals surface area contributed by atoms with Gasteiger partial charge in [0.05, 0.1) is 22.5 Å². The predicted octanol–water partition coefficient (Wildman–Crippen LogP) is 5.23. The average Bonchev–Trinajstić information content (AvgIpc) is 3.16. The van der Waals surface area contributed by atoms with Crippen LogP contribution in [0.2, 0.25) is 5.02 Å². The van der Waals surface area contributed by atoms with Gasteiger partial charge in [0.25, 0.3) is 15.9 Å². The number of para-hydroxylation sites is 2. The average molecular weight is 539 g/mol. The molecule has 3 aromatic carbocycles. The number of hydrogen-bond donors (Lipinski definition) is 1. The van der Waals surface area contributed by atoms with E-state index in [2.05, 4.69) is 10.5 Å². The van der Waals surface area contributed by atoms with Crippen LogP contribution in [0, 0.1) is 19.7 Å². The quantitative estimate of drug-likeness (QED) is 0.246. The number of sulfonamides is 1. The third-order valence-electron chi connectivity index (χ3n) is 5.69. The van der Waals surface area contributed by atoms with Crippen molar-refractivity contribution < 1.29 is 17.6 Å². The van der Waals surface area contributed by atoms with Crippen LogP contribution in [0.3, 0.4) is 0 Å². The van der Waals surface area contributed by atoms with Crippen molar-refractivity contribution in [3.05, 3.63) is 113 Å². The molecule has 0 aliphatic rings. The van der Waals surface area contributed by atoms with Crippen molar-refractivity contribution in [3.8, 4) is 5.69 Å². The molecule has 0 bridgehead atoms. The summed E-state index contributed by atoms with van der Waals surface area (Å²) in [6.07, 6.45) is 1.44. The molecule has 0 atom stereocenters. The number of rotatable bonds is 8. The van der Waals surface area contributed by atoms with Gasteiger partial charge in [-0.2, -0.15) is 5.10 Å². The van der Waals surface area contributed by atoms with Crippen molar-refractivity contribution in [1.82, 2.24) is 9.99 Å². The van der Waals surface area contributed by atoms with E-state index in [1.807, 2.05) is 19.9 Å². The Morgan fingerprint density at radius 1 is 1.03 bits per heavy atom. The molecule has 190 valence electrons. The van der Waals surface area contributed by atoms with E-state index < -0.39 is 22.5 Å². The minimum absolute atomic E-state index is 0.00219. The number of anilines is 1. The summed E-state index contributed by atoms with van der Waals surface area (Å²) in [7, 11) is -4.06. The lowest BCUT2D eigenvalue weighted by atomic mass is 10.2. The zero-order valence-corrected chi connectivity index (χ0v) is 21.7. The van der Waals surface area contributed by atoms with E-state index in [0.717, 1.165) is 15.7 Å². The normalized spacial score (nSPS) is 11.6. The van der Waals surface area contributed by atoms with Crippen LogP contribution < -0.4 is 9.73 Å². The molecule has 0 fully saturated rings. The maximum absolute atomic E-state index is 14.3. The van der Waals surface area contributed by atoms with Gasteiger partial charge in [-0.3, -0.25) is 9.10 Å². The lowest BCUT2D eigenvalue weighted by Crippen LogP contribution is -2.39. The topological polar surface area (TPSA) is 83.8 Å². The molecule has 0 radical (unpaired) electrons. The van der Waals surface area contributed by atoms with Crippen LogP contribution in [0.5, 0.6) is 0 Å². The summed E-state index contributed by atoms with van der Waals surface area (Å²) in [5, 5.41) is 4.41. The van der Waals surface area contributed by atoms with Crippen molar-refractivity contribution in [3.63, 3.8) is 0 Å². The van der Waals surface area contributed by atoms with Crippen LogP contribution in [0.4, 0.5) is 10.1 Å². The fraction of sp³-hybridized carbons (Fsp3) is 0.111. The standard InChI is InChI=1S/C27H24ClFN4O3S/c1-19-16-21(20(2)33(19)26-11-7-6-10-25(26)29)17-30-31-27(34)18-32(23-8-4-3-5-9-23)37(35,36)24-14-12-22(28)13-15-24/h3-17H,18H2,1-2H3,(H,31,34)/b30-17-. The smallest absolute Gasteiger partial charge is 0.264 e. The summed E-state index contributed by atoms with van der Waals surface area (Å²) in [6.45, 7) is 3.16. The van der Waals surface area contributed by atoms with E-state index in [9.17, 15) is 17.6 Å². The van der Waals surface area contributed by atoms with Gasteiger partial charge in [-0.1, -0.05) is 41.9 Å². The summed E-state index contributed by atoms with van der Waals surface area (Å²) >= 11 is 5.91. The minimum Gasteiger partial charge on any atom is -0.315 e. The molecule has 0 saturated carbocycles. The molecule has 7 nitrogen and oxygen atoms in total. The molecule has 0 aliphatic carbocycles. The molecule has 0 unspecified atom stereocenters. The zero-order valence-electron chi connectivity index (χ0n) is 20.1. The molecule has 0 aliphatic heterocycles.